The highest BCUT2D eigenvalue weighted by molar-refractivity contribution is 7.89. The number of sulfonamides is 1. The summed E-state index contributed by atoms with van der Waals surface area (Å²) in [6.45, 7) is 0.0547. The normalized spacial score (nSPS) is 18.5. The Hall–Kier alpha value is -1.64. The molecule has 1 heterocycles. The molecule has 1 atom stereocenters. The zero-order chi connectivity index (χ0) is 15.6. The third kappa shape index (κ3) is 3.72. The Kier molecular flexibility index (Phi) is 4.50. The van der Waals surface area contributed by atoms with Crippen molar-refractivity contribution in [2.24, 2.45) is 0 Å². The van der Waals surface area contributed by atoms with Gasteiger partial charge in [-0.25, -0.2) is 17.9 Å². The van der Waals surface area contributed by atoms with E-state index in [1.165, 1.54) is 12.1 Å². The first kappa shape index (κ1) is 15.7. The largest absolute Gasteiger partial charge is 0.478 e. The maximum absolute atomic E-state index is 12.1. The van der Waals surface area contributed by atoms with Gasteiger partial charge < -0.3 is 10.4 Å². The molecule has 1 aromatic carbocycles. The van der Waals surface area contributed by atoms with Crippen LogP contribution in [0.1, 0.15) is 23.2 Å². The lowest BCUT2D eigenvalue weighted by Gasteiger charge is -2.12. The molecule has 21 heavy (non-hydrogen) atoms. The fourth-order valence-corrected chi connectivity index (χ4v) is 3.27. The van der Waals surface area contributed by atoms with Crippen molar-refractivity contribution < 1.29 is 23.1 Å². The summed E-state index contributed by atoms with van der Waals surface area (Å²) in [4.78, 5) is 21.8. The van der Waals surface area contributed by atoms with Crippen molar-refractivity contribution in [1.82, 2.24) is 10.0 Å². The van der Waals surface area contributed by atoms with Crippen LogP contribution in [0.4, 0.5) is 0 Å². The molecule has 9 heteroatoms. The van der Waals surface area contributed by atoms with Gasteiger partial charge in [-0.3, -0.25) is 4.79 Å². The van der Waals surface area contributed by atoms with Gasteiger partial charge >= 0.3 is 5.97 Å². The van der Waals surface area contributed by atoms with Crippen molar-refractivity contribution in [3.63, 3.8) is 0 Å². The summed E-state index contributed by atoms with van der Waals surface area (Å²) in [6, 6.07) is 3.19. The van der Waals surface area contributed by atoms with Crippen molar-refractivity contribution in [1.29, 1.82) is 0 Å². The lowest BCUT2D eigenvalue weighted by Crippen LogP contribution is -2.38. The van der Waals surface area contributed by atoms with Crippen molar-refractivity contribution >= 4 is 33.5 Å². The number of nitrogens with one attached hydrogen (secondary N) is 2. The molecular weight excluding hydrogens is 320 g/mol. The highest BCUT2D eigenvalue weighted by Crippen LogP contribution is 2.20. The molecule has 114 valence electrons. The van der Waals surface area contributed by atoms with Crippen LogP contribution in [0.2, 0.25) is 5.02 Å². The number of aromatic carboxylic acids is 1. The Morgan fingerprint density at radius 3 is 2.76 bits per heavy atom. The summed E-state index contributed by atoms with van der Waals surface area (Å²) in [5.41, 5.74) is -0.284. The minimum atomic E-state index is -3.86. The van der Waals surface area contributed by atoms with Gasteiger partial charge in [-0.15, -0.1) is 0 Å². The van der Waals surface area contributed by atoms with Gasteiger partial charge in [0, 0.05) is 19.0 Å². The molecule has 2 rings (SSSR count). The van der Waals surface area contributed by atoms with Crippen molar-refractivity contribution in [2.45, 2.75) is 23.8 Å². The molecule has 0 aliphatic carbocycles. The zero-order valence-corrected chi connectivity index (χ0v) is 12.4. The Morgan fingerprint density at radius 2 is 2.19 bits per heavy atom. The average Bonchev–Trinajstić information content (AvgIpc) is 2.82. The fraction of sp³-hybridized carbons (Fsp3) is 0.333. The first-order chi connectivity index (χ1) is 9.79. The second-order valence-corrected chi connectivity index (χ2v) is 6.78. The molecule has 7 nitrogen and oxygen atoms in total. The number of benzene rings is 1. The van der Waals surface area contributed by atoms with Gasteiger partial charge in [0.25, 0.3) is 0 Å². The summed E-state index contributed by atoms with van der Waals surface area (Å²) in [7, 11) is -3.86. The van der Waals surface area contributed by atoms with Crippen LogP contribution in [0.5, 0.6) is 0 Å². The van der Waals surface area contributed by atoms with E-state index in [4.69, 9.17) is 16.7 Å². The number of carboxylic acids is 1. The van der Waals surface area contributed by atoms with E-state index in [-0.39, 0.29) is 34.0 Å². The molecule has 0 bridgehead atoms. The molecule has 0 aromatic heterocycles. The fourth-order valence-electron chi connectivity index (χ4n) is 1.96. The standard InChI is InChI=1S/C12H13ClN2O5S/c13-10-3-2-8(5-9(10)12(17)18)21(19,20)14-6-7-1-4-11(16)15-7/h2-3,5,7,14H,1,4,6H2,(H,15,16)(H,17,18). The Bertz CT molecular complexity index is 689. The van der Waals surface area contributed by atoms with E-state index in [1.807, 2.05) is 0 Å². The van der Waals surface area contributed by atoms with Gasteiger partial charge in [0.15, 0.2) is 0 Å². The van der Waals surface area contributed by atoms with Crippen LogP contribution >= 0.6 is 11.6 Å². The molecule has 1 aliphatic heterocycles. The molecule has 1 aliphatic rings. The first-order valence-electron chi connectivity index (χ1n) is 6.11. The lowest BCUT2D eigenvalue weighted by molar-refractivity contribution is -0.119. The maximum atomic E-state index is 12.1. The van der Waals surface area contributed by atoms with E-state index in [0.717, 1.165) is 6.07 Å². The van der Waals surface area contributed by atoms with E-state index in [1.54, 1.807) is 0 Å². The number of amides is 1. The molecule has 1 saturated heterocycles. The summed E-state index contributed by atoms with van der Waals surface area (Å²) >= 11 is 5.69. The third-order valence-electron chi connectivity index (χ3n) is 3.08. The van der Waals surface area contributed by atoms with Crippen LogP contribution in [0.15, 0.2) is 23.1 Å². The predicted octanol–water partition coefficient (Wildman–Crippen LogP) is 0.595. The summed E-state index contributed by atoms with van der Waals surface area (Å²) in [5, 5.41) is 11.5. The Balaban J connectivity index is 2.14. The van der Waals surface area contributed by atoms with Crippen LogP contribution in [0.25, 0.3) is 0 Å². The number of carbonyl (C=O) groups is 2. The van der Waals surface area contributed by atoms with Gasteiger partial charge in [-0.2, -0.15) is 0 Å². The van der Waals surface area contributed by atoms with Gasteiger partial charge in [0.05, 0.1) is 15.5 Å². The number of carboxylic acid groups (broad SMARTS) is 1. The molecule has 0 spiro atoms. The quantitative estimate of drug-likeness (QED) is 0.730. The van der Waals surface area contributed by atoms with E-state index in [9.17, 15) is 18.0 Å². The second kappa shape index (κ2) is 6.00. The number of hydrogen-bond acceptors (Lipinski definition) is 4. The third-order valence-corrected chi connectivity index (χ3v) is 4.83. The lowest BCUT2D eigenvalue weighted by atomic mass is 10.2. The van der Waals surface area contributed by atoms with E-state index in [0.29, 0.717) is 12.8 Å². The summed E-state index contributed by atoms with van der Waals surface area (Å²) in [6.07, 6.45) is 0.929. The molecule has 0 radical (unpaired) electrons. The van der Waals surface area contributed by atoms with E-state index in [2.05, 4.69) is 10.0 Å². The SMILES string of the molecule is O=C1CCC(CNS(=O)(=O)c2ccc(Cl)c(C(=O)O)c2)N1. The molecule has 1 fully saturated rings. The number of rotatable bonds is 5. The van der Waals surface area contributed by atoms with Gasteiger partial charge in [-0.1, -0.05) is 11.6 Å². The van der Waals surface area contributed by atoms with Gasteiger partial charge in [0.1, 0.15) is 0 Å². The van der Waals surface area contributed by atoms with Crippen LogP contribution in [-0.2, 0) is 14.8 Å². The number of hydrogen-bond donors (Lipinski definition) is 3. The molecule has 1 unspecified atom stereocenters. The molecule has 1 amide bonds. The highest BCUT2D eigenvalue weighted by atomic mass is 35.5. The number of carbonyl (C=O) groups excluding carboxylic acids is 1. The molecule has 1 aromatic rings. The molecular formula is C12H13ClN2O5S. The maximum Gasteiger partial charge on any atom is 0.337 e. The Labute approximate surface area is 126 Å². The van der Waals surface area contributed by atoms with E-state index >= 15 is 0 Å². The Morgan fingerprint density at radius 1 is 1.48 bits per heavy atom. The average molecular weight is 333 g/mol. The van der Waals surface area contributed by atoms with Crippen molar-refractivity contribution in [2.75, 3.05) is 6.54 Å². The summed E-state index contributed by atoms with van der Waals surface area (Å²) < 4.78 is 26.5. The zero-order valence-electron chi connectivity index (χ0n) is 10.8. The minimum absolute atomic E-state index is 0.0375. The molecule has 0 saturated carbocycles. The smallest absolute Gasteiger partial charge is 0.337 e. The summed E-state index contributed by atoms with van der Waals surface area (Å²) in [5.74, 6) is -1.42. The van der Waals surface area contributed by atoms with E-state index < -0.39 is 16.0 Å². The van der Waals surface area contributed by atoms with Crippen LogP contribution < -0.4 is 10.0 Å². The van der Waals surface area contributed by atoms with Crippen LogP contribution in [0, 0.1) is 0 Å². The van der Waals surface area contributed by atoms with Crippen molar-refractivity contribution in [3.05, 3.63) is 28.8 Å². The van der Waals surface area contributed by atoms with Gasteiger partial charge in [0.2, 0.25) is 15.9 Å². The van der Waals surface area contributed by atoms with Crippen LogP contribution in [-0.4, -0.2) is 38.0 Å². The topological polar surface area (TPSA) is 113 Å². The predicted molar refractivity (Wildman–Crippen MR) is 74.8 cm³/mol. The first-order valence-corrected chi connectivity index (χ1v) is 7.97. The molecule has 3 N–H and O–H groups in total. The van der Waals surface area contributed by atoms with Crippen molar-refractivity contribution in [3.8, 4) is 0 Å². The number of halogens is 1. The highest BCUT2D eigenvalue weighted by Gasteiger charge is 2.24. The van der Waals surface area contributed by atoms with Crippen LogP contribution in [0.3, 0.4) is 0 Å². The second-order valence-electron chi connectivity index (χ2n) is 4.60. The monoisotopic (exact) mass is 332 g/mol. The minimum Gasteiger partial charge on any atom is -0.478 e. The van der Waals surface area contributed by atoms with Gasteiger partial charge in [-0.05, 0) is 24.6 Å².